The Bertz CT molecular complexity index is 219. The normalized spacial score (nSPS) is 12.1. The van der Waals surface area contributed by atoms with Crippen LogP contribution in [-0.4, -0.2) is 50.0 Å². The Morgan fingerprint density at radius 1 is 1.31 bits per heavy atom. The summed E-state index contributed by atoms with van der Waals surface area (Å²) in [7, 11) is 1.56. The van der Waals surface area contributed by atoms with Crippen molar-refractivity contribution in [2.24, 2.45) is 0 Å². The van der Waals surface area contributed by atoms with Crippen molar-refractivity contribution in [3.8, 4) is 0 Å². The van der Waals surface area contributed by atoms with Crippen molar-refractivity contribution >= 4 is 11.9 Å². The molecule has 94 valence electrons. The van der Waals surface area contributed by atoms with Gasteiger partial charge in [-0.05, 0) is 6.42 Å². The average Bonchev–Trinajstić information content (AvgIpc) is 2.25. The summed E-state index contributed by atoms with van der Waals surface area (Å²) in [6, 6.07) is -0.813. The third-order valence-electron chi connectivity index (χ3n) is 1.95. The van der Waals surface area contributed by atoms with Gasteiger partial charge in [0.25, 0.3) is 0 Å². The molecular formula is C10H19NO5. The van der Waals surface area contributed by atoms with Crippen molar-refractivity contribution in [2.75, 3.05) is 26.9 Å². The van der Waals surface area contributed by atoms with Gasteiger partial charge in [-0.15, -0.1) is 0 Å². The highest BCUT2D eigenvalue weighted by molar-refractivity contribution is 5.83. The minimum atomic E-state index is -1.02. The first kappa shape index (κ1) is 14.9. The number of carbonyl (C=O) groups excluding carboxylic acids is 1. The van der Waals surface area contributed by atoms with E-state index in [9.17, 15) is 9.59 Å². The van der Waals surface area contributed by atoms with Gasteiger partial charge < -0.3 is 19.9 Å². The third kappa shape index (κ3) is 7.19. The summed E-state index contributed by atoms with van der Waals surface area (Å²) in [5.74, 6) is -1.33. The molecule has 0 rings (SSSR count). The predicted octanol–water partition coefficient (Wildman–Crippen LogP) is 0.0189. The largest absolute Gasteiger partial charge is 0.480 e. The molecule has 0 bridgehead atoms. The molecule has 1 atom stereocenters. The summed E-state index contributed by atoms with van der Waals surface area (Å²) in [6.07, 6.45) is 0.527. The van der Waals surface area contributed by atoms with Gasteiger partial charge in [0.2, 0.25) is 5.91 Å². The molecule has 0 aromatic rings. The summed E-state index contributed by atoms with van der Waals surface area (Å²) < 4.78 is 9.85. The van der Waals surface area contributed by atoms with Crippen LogP contribution in [0.3, 0.4) is 0 Å². The van der Waals surface area contributed by atoms with Gasteiger partial charge >= 0.3 is 5.97 Å². The zero-order valence-corrected chi connectivity index (χ0v) is 9.69. The number of ether oxygens (including phenoxy) is 2. The second-order valence-corrected chi connectivity index (χ2v) is 3.22. The summed E-state index contributed by atoms with van der Waals surface area (Å²) in [5.41, 5.74) is 0. The lowest BCUT2D eigenvalue weighted by Gasteiger charge is -2.12. The molecule has 16 heavy (non-hydrogen) atoms. The van der Waals surface area contributed by atoms with Gasteiger partial charge in [-0.2, -0.15) is 0 Å². The standard InChI is InChI=1S/C10H19NO5/c1-3-8(10(13)14)11-9(12)4-5-16-7-6-15-2/h8H,3-7H2,1-2H3,(H,11,12)(H,13,14). The molecule has 6 heteroatoms. The molecule has 0 saturated carbocycles. The molecule has 0 spiro atoms. The quantitative estimate of drug-likeness (QED) is 0.548. The summed E-state index contributed by atoms with van der Waals surface area (Å²) in [6.45, 7) is 2.88. The zero-order valence-electron chi connectivity index (χ0n) is 9.69. The fourth-order valence-electron chi connectivity index (χ4n) is 1.01. The molecule has 0 fully saturated rings. The molecule has 0 aromatic heterocycles. The average molecular weight is 233 g/mol. The molecule has 6 nitrogen and oxygen atoms in total. The van der Waals surface area contributed by atoms with Crippen LogP contribution in [-0.2, 0) is 19.1 Å². The topological polar surface area (TPSA) is 84.9 Å². The van der Waals surface area contributed by atoms with Gasteiger partial charge in [-0.1, -0.05) is 6.92 Å². The highest BCUT2D eigenvalue weighted by atomic mass is 16.5. The van der Waals surface area contributed by atoms with E-state index in [0.29, 0.717) is 19.6 Å². The Labute approximate surface area is 94.9 Å². The molecule has 0 aliphatic rings. The van der Waals surface area contributed by atoms with Gasteiger partial charge in [0.15, 0.2) is 0 Å². The van der Waals surface area contributed by atoms with Crippen LogP contribution >= 0.6 is 0 Å². The van der Waals surface area contributed by atoms with Gasteiger partial charge in [0, 0.05) is 13.5 Å². The summed E-state index contributed by atoms with van der Waals surface area (Å²) >= 11 is 0. The van der Waals surface area contributed by atoms with Crippen LogP contribution in [0.25, 0.3) is 0 Å². The molecule has 0 aliphatic carbocycles. The Kier molecular flexibility index (Phi) is 8.46. The summed E-state index contributed by atoms with van der Waals surface area (Å²) in [5, 5.41) is 11.1. The van der Waals surface area contributed by atoms with E-state index in [1.54, 1.807) is 14.0 Å². The van der Waals surface area contributed by atoms with E-state index >= 15 is 0 Å². The van der Waals surface area contributed by atoms with E-state index in [4.69, 9.17) is 14.6 Å². The van der Waals surface area contributed by atoms with E-state index in [0.717, 1.165) is 0 Å². The maximum Gasteiger partial charge on any atom is 0.326 e. The smallest absolute Gasteiger partial charge is 0.326 e. The van der Waals surface area contributed by atoms with Crippen molar-refractivity contribution in [3.05, 3.63) is 0 Å². The first-order valence-electron chi connectivity index (χ1n) is 5.20. The van der Waals surface area contributed by atoms with Gasteiger partial charge in [-0.3, -0.25) is 4.79 Å². The highest BCUT2D eigenvalue weighted by Gasteiger charge is 2.16. The molecule has 0 saturated heterocycles. The Hall–Kier alpha value is -1.14. The Balaban J connectivity index is 3.61. The van der Waals surface area contributed by atoms with Crippen molar-refractivity contribution in [1.82, 2.24) is 5.32 Å². The number of hydrogen-bond donors (Lipinski definition) is 2. The van der Waals surface area contributed by atoms with Crippen molar-refractivity contribution < 1.29 is 24.2 Å². The second kappa shape index (κ2) is 9.11. The molecule has 0 radical (unpaired) electrons. The van der Waals surface area contributed by atoms with Gasteiger partial charge in [-0.25, -0.2) is 4.79 Å². The van der Waals surface area contributed by atoms with Crippen LogP contribution in [0.2, 0.25) is 0 Å². The Morgan fingerprint density at radius 2 is 2.00 bits per heavy atom. The first-order valence-corrected chi connectivity index (χ1v) is 5.20. The van der Waals surface area contributed by atoms with Crippen LogP contribution < -0.4 is 5.32 Å². The number of rotatable bonds is 9. The number of amides is 1. The molecule has 1 amide bonds. The van der Waals surface area contributed by atoms with Gasteiger partial charge in [0.1, 0.15) is 6.04 Å². The molecular weight excluding hydrogens is 214 g/mol. The first-order chi connectivity index (χ1) is 7.61. The molecule has 0 aliphatic heterocycles. The predicted molar refractivity (Wildman–Crippen MR) is 57.2 cm³/mol. The van der Waals surface area contributed by atoms with Crippen molar-refractivity contribution in [2.45, 2.75) is 25.8 Å². The highest BCUT2D eigenvalue weighted by Crippen LogP contribution is 1.92. The second-order valence-electron chi connectivity index (χ2n) is 3.22. The van der Waals surface area contributed by atoms with E-state index in [-0.39, 0.29) is 18.9 Å². The fraction of sp³-hybridized carbons (Fsp3) is 0.800. The molecule has 1 unspecified atom stereocenters. The SMILES string of the molecule is CCC(NC(=O)CCOCCOC)C(=O)O. The fourth-order valence-corrected chi connectivity index (χ4v) is 1.01. The maximum absolute atomic E-state index is 11.3. The number of carbonyl (C=O) groups is 2. The minimum Gasteiger partial charge on any atom is -0.480 e. The van der Waals surface area contributed by atoms with Crippen molar-refractivity contribution in [3.63, 3.8) is 0 Å². The van der Waals surface area contributed by atoms with E-state index < -0.39 is 12.0 Å². The lowest BCUT2D eigenvalue weighted by Crippen LogP contribution is -2.40. The van der Waals surface area contributed by atoms with Crippen LogP contribution in [0.15, 0.2) is 0 Å². The number of methoxy groups -OCH3 is 1. The minimum absolute atomic E-state index is 0.160. The lowest BCUT2D eigenvalue weighted by atomic mass is 10.2. The molecule has 0 heterocycles. The van der Waals surface area contributed by atoms with Crippen molar-refractivity contribution in [1.29, 1.82) is 0 Å². The van der Waals surface area contributed by atoms with Crippen LogP contribution in [0.5, 0.6) is 0 Å². The number of hydrogen-bond acceptors (Lipinski definition) is 4. The van der Waals surface area contributed by atoms with E-state index in [2.05, 4.69) is 5.32 Å². The van der Waals surface area contributed by atoms with E-state index in [1.807, 2.05) is 0 Å². The molecule has 2 N–H and O–H groups in total. The number of carboxylic acid groups (broad SMARTS) is 1. The number of aliphatic carboxylic acids is 1. The van der Waals surface area contributed by atoms with Gasteiger partial charge in [0.05, 0.1) is 19.8 Å². The monoisotopic (exact) mass is 233 g/mol. The lowest BCUT2D eigenvalue weighted by molar-refractivity contribution is -0.142. The zero-order chi connectivity index (χ0) is 12.4. The van der Waals surface area contributed by atoms with E-state index in [1.165, 1.54) is 0 Å². The van der Waals surface area contributed by atoms with Crippen LogP contribution in [0.4, 0.5) is 0 Å². The summed E-state index contributed by atoms with van der Waals surface area (Å²) in [4.78, 5) is 21.9. The van der Waals surface area contributed by atoms with Crippen LogP contribution in [0.1, 0.15) is 19.8 Å². The number of carboxylic acids is 1. The third-order valence-corrected chi connectivity index (χ3v) is 1.95. The van der Waals surface area contributed by atoms with Crippen LogP contribution in [0, 0.1) is 0 Å². The maximum atomic E-state index is 11.3. The molecule has 0 aromatic carbocycles. The number of nitrogens with one attached hydrogen (secondary N) is 1. The Morgan fingerprint density at radius 3 is 2.50 bits per heavy atom.